The van der Waals surface area contributed by atoms with Crippen LogP contribution in [0, 0.1) is 0 Å². The van der Waals surface area contributed by atoms with Crippen LogP contribution in [0.5, 0.6) is 5.75 Å². The molecular weight excluding hydrogens is 420 g/mol. The van der Waals surface area contributed by atoms with E-state index in [4.69, 9.17) is 4.74 Å². The first-order valence-electron chi connectivity index (χ1n) is 9.06. The fourth-order valence-corrected chi connectivity index (χ4v) is 4.96. The van der Waals surface area contributed by atoms with E-state index >= 15 is 0 Å². The molecule has 0 spiro atoms. The van der Waals surface area contributed by atoms with Crippen molar-refractivity contribution in [1.29, 1.82) is 0 Å². The molecule has 1 aromatic heterocycles. The van der Waals surface area contributed by atoms with Gasteiger partial charge in [-0.3, -0.25) is 4.79 Å². The zero-order valence-electron chi connectivity index (χ0n) is 16.0. The molecule has 4 aromatic rings. The number of benzene rings is 3. The molecule has 0 atom stereocenters. The Morgan fingerprint density at radius 2 is 1.77 bits per heavy atom. The highest BCUT2D eigenvalue weighted by molar-refractivity contribution is 7.92. The molecule has 0 saturated heterocycles. The fraction of sp³-hybridized carbons (Fsp3) is 0.0909. The number of hydrogen-bond donors (Lipinski definition) is 1. The van der Waals surface area contributed by atoms with Crippen LogP contribution in [-0.4, -0.2) is 32.2 Å². The van der Waals surface area contributed by atoms with E-state index in [9.17, 15) is 13.2 Å². The topological polar surface area (TPSA) is 85.4 Å². The molecule has 30 heavy (non-hydrogen) atoms. The molecule has 1 heterocycles. The summed E-state index contributed by atoms with van der Waals surface area (Å²) in [6.07, 6.45) is 0. The van der Waals surface area contributed by atoms with Crippen LogP contribution in [-0.2, 0) is 14.6 Å². The molecule has 3 aromatic carbocycles. The van der Waals surface area contributed by atoms with Crippen molar-refractivity contribution >= 4 is 43.0 Å². The van der Waals surface area contributed by atoms with E-state index in [1.165, 1.54) is 30.6 Å². The number of thiazole rings is 1. The molecule has 0 aliphatic rings. The largest absolute Gasteiger partial charge is 0.497 e. The molecule has 0 aliphatic heterocycles. The lowest BCUT2D eigenvalue weighted by Gasteiger charge is -2.06. The van der Waals surface area contributed by atoms with Gasteiger partial charge in [-0.2, -0.15) is 0 Å². The number of nitrogens with one attached hydrogen (secondary N) is 1. The Labute approximate surface area is 178 Å². The summed E-state index contributed by atoms with van der Waals surface area (Å²) in [6.45, 7) is 0. The lowest BCUT2D eigenvalue weighted by Crippen LogP contribution is -2.22. The molecule has 6 nitrogen and oxygen atoms in total. The number of methoxy groups -OCH3 is 1. The summed E-state index contributed by atoms with van der Waals surface area (Å²) in [5.41, 5.74) is 1.68. The Kier molecular flexibility index (Phi) is 5.52. The van der Waals surface area contributed by atoms with E-state index in [-0.39, 0.29) is 4.90 Å². The predicted molar refractivity (Wildman–Crippen MR) is 119 cm³/mol. The van der Waals surface area contributed by atoms with Gasteiger partial charge >= 0.3 is 0 Å². The summed E-state index contributed by atoms with van der Waals surface area (Å²) in [5, 5.41) is 6.95. The second kappa shape index (κ2) is 8.25. The van der Waals surface area contributed by atoms with Crippen molar-refractivity contribution in [2.24, 2.45) is 0 Å². The van der Waals surface area contributed by atoms with Crippen molar-refractivity contribution in [2.45, 2.75) is 4.90 Å². The molecule has 0 aliphatic carbocycles. The van der Waals surface area contributed by atoms with Crippen LogP contribution >= 0.6 is 11.3 Å². The number of carbonyl (C=O) groups excluding carboxylic acids is 1. The SMILES string of the molecule is COc1ccc(S(=O)(=O)CC(=O)Nc2nc(-c3cccc4ccccc34)cs2)cc1. The van der Waals surface area contributed by atoms with Crippen molar-refractivity contribution in [3.63, 3.8) is 0 Å². The third kappa shape index (κ3) is 4.19. The second-order valence-electron chi connectivity index (χ2n) is 6.55. The first-order valence-corrected chi connectivity index (χ1v) is 11.6. The first-order chi connectivity index (χ1) is 14.5. The zero-order chi connectivity index (χ0) is 21.1. The third-order valence-corrected chi connectivity index (χ3v) is 6.95. The van der Waals surface area contributed by atoms with E-state index in [0.29, 0.717) is 10.9 Å². The number of fused-ring (bicyclic) bond motifs is 1. The molecule has 0 unspecified atom stereocenters. The minimum atomic E-state index is -3.77. The lowest BCUT2D eigenvalue weighted by atomic mass is 10.0. The number of hydrogen-bond acceptors (Lipinski definition) is 6. The van der Waals surface area contributed by atoms with Crippen molar-refractivity contribution < 1.29 is 17.9 Å². The molecule has 0 bridgehead atoms. The summed E-state index contributed by atoms with van der Waals surface area (Å²) in [4.78, 5) is 16.9. The molecule has 4 rings (SSSR count). The van der Waals surface area contributed by atoms with Gasteiger partial charge in [0.15, 0.2) is 15.0 Å². The van der Waals surface area contributed by atoms with E-state index in [1.807, 2.05) is 47.8 Å². The van der Waals surface area contributed by atoms with Crippen LogP contribution in [0.2, 0.25) is 0 Å². The summed E-state index contributed by atoms with van der Waals surface area (Å²) >= 11 is 1.25. The zero-order valence-corrected chi connectivity index (χ0v) is 17.7. The number of carbonyl (C=O) groups is 1. The molecule has 152 valence electrons. The summed E-state index contributed by atoms with van der Waals surface area (Å²) < 4.78 is 30.0. The Morgan fingerprint density at radius 1 is 1.03 bits per heavy atom. The number of rotatable bonds is 6. The Bertz CT molecular complexity index is 1310. The second-order valence-corrected chi connectivity index (χ2v) is 9.40. The average Bonchev–Trinajstić information content (AvgIpc) is 3.21. The maximum Gasteiger partial charge on any atom is 0.241 e. The van der Waals surface area contributed by atoms with Crippen LogP contribution < -0.4 is 10.1 Å². The summed E-state index contributed by atoms with van der Waals surface area (Å²) in [5.74, 6) is -0.755. The Balaban J connectivity index is 1.50. The summed E-state index contributed by atoms with van der Waals surface area (Å²) in [6, 6.07) is 19.9. The highest BCUT2D eigenvalue weighted by Gasteiger charge is 2.20. The van der Waals surface area contributed by atoms with Gasteiger partial charge in [-0.1, -0.05) is 42.5 Å². The van der Waals surface area contributed by atoms with E-state index in [2.05, 4.69) is 10.3 Å². The molecule has 1 N–H and O–H groups in total. The molecule has 0 fully saturated rings. The molecule has 0 saturated carbocycles. The van der Waals surface area contributed by atoms with Crippen LogP contribution in [0.3, 0.4) is 0 Å². The van der Waals surface area contributed by atoms with Gasteiger partial charge in [-0.25, -0.2) is 13.4 Å². The quantitative estimate of drug-likeness (QED) is 0.483. The van der Waals surface area contributed by atoms with Gasteiger partial charge in [0.25, 0.3) is 0 Å². The number of nitrogens with zero attached hydrogens (tertiary/aromatic N) is 1. The van der Waals surface area contributed by atoms with E-state index in [1.54, 1.807) is 12.1 Å². The molecule has 8 heteroatoms. The van der Waals surface area contributed by atoms with Crippen molar-refractivity contribution in [2.75, 3.05) is 18.2 Å². The van der Waals surface area contributed by atoms with Crippen LogP contribution in [0.1, 0.15) is 0 Å². The van der Waals surface area contributed by atoms with Crippen molar-refractivity contribution in [3.05, 3.63) is 72.1 Å². The number of sulfone groups is 1. The summed E-state index contributed by atoms with van der Waals surface area (Å²) in [7, 11) is -2.27. The van der Waals surface area contributed by atoms with Gasteiger partial charge in [0.05, 0.1) is 17.7 Å². The highest BCUT2D eigenvalue weighted by atomic mass is 32.2. The van der Waals surface area contributed by atoms with Gasteiger partial charge in [0, 0.05) is 10.9 Å². The predicted octanol–water partition coefficient (Wildman–Crippen LogP) is 4.38. The smallest absolute Gasteiger partial charge is 0.241 e. The lowest BCUT2D eigenvalue weighted by molar-refractivity contribution is -0.113. The maximum absolute atomic E-state index is 12.5. The third-order valence-electron chi connectivity index (χ3n) is 4.56. The van der Waals surface area contributed by atoms with Crippen LogP contribution in [0.25, 0.3) is 22.0 Å². The van der Waals surface area contributed by atoms with E-state index < -0.39 is 21.5 Å². The highest BCUT2D eigenvalue weighted by Crippen LogP contribution is 2.31. The fourth-order valence-electron chi connectivity index (χ4n) is 3.10. The molecule has 0 radical (unpaired) electrons. The normalized spacial score (nSPS) is 11.4. The number of aromatic nitrogens is 1. The maximum atomic E-state index is 12.5. The number of ether oxygens (including phenoxy) is 1. The molecular formula is C22H18N2O4S2. The minimum Gasteiger partial charge on any atom is -0.497 e. The molecule has 1 amide bonds. The van der Waals surface area contributed by atoms with Gasteiger partial charge in [0.2, 0.25) is 5.91 Å². The minimum absolute atomic E-state index is 0.0639. The van der Waals surface area contributed by atoms with E-state index in [0.717, 1.165) is 22.0 Å². The van der Waals surface area contributed by atoms with Crippen molar-refractivity contribution in [3.8, 4) is 17.0 Å². The monoisotopic (exact) mass is 438 g/mol. The Morgan fingerprint density at radius 3 is 2.53 bits per heavy atom. The number of amides is 1. The van der Waals surface area contributed by atoms with Crippen LogP contribution in [0.4, 0.5) is 5.13 Å². The van der Waals surface area contributed by atoms with Crippen molar-refractivity contribution in [1.82, 2.24) is 4.98 Å². The average molecular weight is 439 g/mol. The Hall–Kier alpha value is -3.23. The van der Waals surface area contributed by atoms with Gasteiger partial charge in [0.1, 0.15) is 11.5 Å². The first kappa shape index (κ1) is 20.1. The van der Waals surface area contributed by atoms with Crippen LogP contribution in [0.15, 0.2) is 77.0 Å². The standard InChI is InChI=1S/C22H18N2O4S2/c1-28-16-9-11-17(12-10-16)30(26,27)14-21(25)24-22-23-20(13-29-22)19-8-4-6-15-5-2-3-7-18(15)19/h2-13H,14H2,1H3,(H,23,24,25). The van der Waals surface area contributed by atoms with Gasteiger partial charge < -0.3 is 10.1 Å². The van der Waals surface area contributed by atoms with Gasteiger partial charge in [-0.15, -0.1) is 11.3 Å². The number of anilines is 1. The van der Waals surface area contributed by atoms with Gasteiger partial charge in [-0.05, 0) is 35.0 Å².